The van der Waals surface area contributed by atoms with Crippen molar-refractivity contribution in [3.05, 3.63) is 77.1 Å². The lowest BCUT2D eigenvalue weighted by atomic mass is 9.75. The number of para-hydroxylation sites is 1. The quantitative estimate of drug-likeness (QED) is 0.741. The van der Waals surface area contributed by atoms with Gasteiger partial charge < -0.3 is 5.11 Å². The molecule has 1 aliphatic rings. The second kappa shape index (κ2) is 7.28. The molecule has 26 heavy (non-hydrogen) atoms. The van der Waals surface area contributed by atoms with E-state index in [1.54, 1.807) is 0 Å². The van der Waals surface area contributed by atoms with Crippen LogP contribution in [-0.4, -0.2) is 16.6 Å². The van der Waals surface area contributed by atoms with Gasteiger partial charge in [0.2, 0.25) is 0 Å². The van der Waals surface area contributed by atoms with Crippen molar-refractivity contribution < 1.29 is 9.90 Å². The van der Waals surface area contributed by atoms with E-state index in [0.29, 0.717) is 30.5 Å². The molecule has 0 bridgehead atoms. The van der Waals surface area contributed by atoms with Gasteiger partial charge in [-0.1, -0.05) is 62.4 Å². The highest BCUT2D eigenvalue weighted by molar-refractivity contribution is 6.24. The maximum Gasteiger partial charge on any atom is 0.168 e. The van der Waals surface area contributed by atoms with E-state index in [-0.39, 0.29) is 17.0 Å². The molecule has 0 saturated heterocycles. The number of benzene rings is 2. The smallest absolute Gasteiger partial charge is 0.168 e. The number of carbonyl (C=O) groups is 1. The lowest BCUT2D eigenvalue weighted by Crippen LogP contribution is -2.30. The highest BCUT2D eigenvalue weighted by Gasteiger charge is 2.35. The Kier molecular flexibility index (Phi) is 5.08. The molecule has 3 nitrogen and oxygen atoms in total. The van der Waals surface area contributed by atoms with Gasteiger partial charge in [0.25, 0.3) is 0 Å². The molecular weight excluding hydrogens is 322 g/mol. The number of aliphatic hydroxyl groups is 1. The number of allylic oxidation sites excluding steroid dienone is 2. The van der Waals surface area contributed by atoms with Crippen LogP contribution >= 0.6 is 0 Å². The molecule has 0 amide bonds. The Morgan fingerprint density at radius 2 is 1.69 bits per heavy atom. The Morgan fingerprint density at radius 3 is 2.35 bits per heavy atom. The third kappa shape index (κ3) is 4.10. The first kappa shape index (κ1) is 18.1. The molecule has 0 heterocycles. The normalized spacial score (nSPS) is 17.5. The van der Waals surface area contributed by atoms with Crippen LogP contribution in [0.4, 0.5) is 5.69 Å². The number of hydrogen-bond donors (Lipinski definition) is 1. The summed E-state index contributed by atoms with van der Waals surface area (Å²) in [7, 11) is 0. The number of Topliss-reactive ketones (excluding diaryl/α,β-unsaturated/α-hetero) is 1. The second-order valence-corrected chi connectivity index (χ2v) is 7.77. The fraction of sp³-hybridized carbons (Fsp3) is 0.304. The molecular formula is C23H25NO2. The average molecular weight is 347 g/mol. The molecule has 0 radical (unpaired) electrons. The molecule has 0 atom stereocenters. The first-order valence-corrected chi connectivity index (χ1v) is 8.98. The predicted octanol–water partition coefficient (Wildman–Crippen LogP) is 5.51. The summed E-state index contributed by atoms with van der Waals surface area (Å²) >= 11 is 0. The summed E-state index contributed by atoms with van der Waals surface area (Å²) in [5.74, 6) is 0.136. The Morgan fingerprint density at radius 1 is 1.04 bits per heavy atom. The first-order valence-electron chi connectivity index (χ1n) is 8.98. The minimum Gasteiger partial charge on any atom is -0.511 e. The lowest BCUT2D eigenvalue weighted by Gasteiger charge is -2.30. The highest BCUT2D eigenvalue weighted by Crippen LogP contribution is 2.37. The SMILES string of the molecule is Cc1ccccc1N=C(Cc1ccccc1)C1=C(O)CC(C)(C)CC1=O. The maximum absolute atomic E-state index is 12.8. The molecule has 0 saturated carbocycles. The van der Waals surface area contributed by atoms with Crippen LogP contribution in [0, 0.1) is 12.3 Å². The number of hydrogen-bond acceptors (Lipinski definition) is 3. The van der Waals surface area contributed by atoms with E-state index in [4.69, 9.17) is 4.99 Å². The molecule has 0 unspecified atom stereocenters. The Balaban J connectivity index is 2.09. The number of ketones is 1. The molecule has 2 aromatic rings. The number of nitrogens with zero attached hydrogens (tertiary/aromatic N) is 1. The maximum atomic E-state index is 12.8. The second-order valence-electron chi connectivity index (χ2n) is 7.77. The van der Waals surface area contributed by atoms with E-state index in [1.807, 2.05) is 75.4 Å². The van der Waals surface area contributed by atoms with Crippen LogP contribution < -0.4 is 0 Å². The topological polar surface area (TPSA) is 49.7 Å². The third-order valence-corrected chi connectivity index (χ3v) is 4.73. The van der Waals surface area contributed by atoms with Gasteiger partial charge in [0.15, 0.2) is 5.78 Å². The largest absolute Gasteiger partial charge is 0.511 e. The standard InChI is InChI=1S/C23H25NO2/c1-16-9-7-8-12-18(16)24-19(13-17-10-5-4-6-11-17)22-20(25)14-23(2,3)15-21(22)26/h4-12,25H,13-15H2,1-3H3. The molecule has 1 aliphatic carbocycles. The van der Waals surface area contributed by atoms with Crippen LogP contribution in [0.2, 0.25) is 0 Å². The molecule has 0 spiro atoms. The molecule has 134 valence electrons. The van der Waals surface area contributed by atoms with Crippen molar-refractivity contribution in [3.63, 3.8) is 0 Å². The van der Waals surface area contributed by atoms with E-state index in [2.05, 4.69) is 0 Å². The highest BCUT2D eigenvalue weighted by atomic mass is 16.3. The van der Waals surface area contributed by atoms with Gasteiger partial charge >= 0.3 is 0 Å². The lowest BCUT2D eigenvalue weighted by molar-refractivity contribution is -0.117. The van der Waals surface area contributed by atoms with Crippen LogP contribution in [0.25, 0.3) is 0 Å². The third-order valence-electron chi connectivity index (χ3n) is 4.73. The minimum atomic E-state index is -0.217. The summed E-state index contributed by atoms with van der Waals surface area (Å²) < 4.78 is 0. The summed E-state index contributed by atoms with van der Waals surface area (Å²) in [5.41, 5.74) is 3.77. The Hall–Kier alpha value is -2.68. The van der Waals surface area contributed by atoms with Crippen LogP contribution in [0.5, 0.6) is 0 Å². The zero-order valence-electron chi connectivity index (χ0n) is 15.6. The molecule has 3 rings (SSSR count). The average Bonchev–Trinajstić information content (AvgIpc) is 2.56. The summed E-state index contributed by atoms with van der Waals surface area (Å²) in [5, 5.41) is 10.6. The van der Waals surface area contributed by atoms with Crippen LogP contribution in [0.1, 0.15) is 37.8 Å². The summed E-state index contributed by atoms with van der Waals surface area (Å²) in [6.07, 6.45) is 1.43. The molecule has 0 fully saturated rings. The van der Waals surface area contributed by atoms with Crippen LogP contribution in [-0.2, 0) is 11.2 Å². The number of aliphatic imine (C=N–C) groups is 1. The number of carbonyl (C=O) groups excluding carboxylic acids is 1. The first-order chi connectivity index (χ1) is 12.4. The predicted molar refractivity (Wildman–Crippen MR) is 106 cm³/mol. The van der Waals surface area contributed by atoms with Gasteiger partial charge in [-0.25, -0.2) is 0 Å². The number of aliphatic hydroxyl groups excluding tert-OH is 1. The molecule has 1 N–H and O–H groups in total. The zero-order chi connectivity index (χ0) is 18.7. The van der Waals surface area contributed by atoms with Crippen molar-refractivity contribution in [1.82, 2.24) is 0 Å². The number of rotatable bonds is 4. The Bertz CT molecular complexity index is 876. The van der Waals surface area contributed by atoms with Gasteiger partial charge in [-0.05, 0) is 29.5 Å². The van der Waals surface area contributed by atoms with Crippen molar-refractivity contribution in [2.24, 2.45) is 10.4 Å². The van der Waals surface area contributed by atoms with Crippen molar-refractivity contribution >= 4 is 17.2 Å². The van der Waals surface area contributed by atoms with Crippen molar-refractivity contribution in [2.75, 3.05) is 0 Å². The van der Waals surface area contributed by atoms with Gasteiger partial charge in [0.1, 0.15) is 5.76 Å². The monoisotopic (exact) mass is 347 g/mol. The van der Waals surface area contributed by atoms with Crippen molar-refractivity contribution in [2.45, 2.75) is 40.0 Å². The van der Waals surface area contributed by atoms with Crippen LogP contribution in [0.15, 0.2) is 70.9 Å². The molecule has 2 aromatic carbocycles. The van der Waals surface area contributed by atoms with Crippen LogP contribution in [0.3, 0.4) is 0 Å². The summed E-state index contributed by atoms with van der Waals surface area (Å²) in [6, 6.07) is 17.8. The van der Waals surface area contributed by atoms with Gasteiger partial charge in [0.05, 0.1) is 17.0 Å². The van der Waals surface area contributed by atoms with Gasteiger partial charge in [-0.3, -0.25) is 9.79 Å². The molecule has 0 aromatic heterocycles. The molecule has 3 heteroatoms. The minimum absolute atomic E-state index is 0.0259. The Labute approximate surface area is 155 Å². The summed E-state index contributed by atoms with van der Waals surface area (Å²) in [4.78, 5) is 17.6. The fourth-order valence-corrected chi connectivity index (χ4v) is 3.42. The van der Waals surface area contributed by atoms with E-state index in [1.165, 1.54) is 0 Å². The van der Waals surface area contributed by atoms with E-state index in [0.717, 1.165) is 16.8 Å². The van der Waals surface area contributed by atoms with Gasteiger partial charge in [0, 0.05) is 19.3 Å². The summed E-state index contributed by atoms with van der Waals surface area (Å²) in [6.45, 7) is 6.01. The van der Waals surface area contributed by atoms with Gasteiger partial charge in [-0.15, -0.1) is 0 Å². The van der Waals surface area contributed by atoms with E-state index >= 15 is 0 Å². The van der Waals surface area contributed by atoms with E-state index < -0.39 is 0 Å². The van der Waals surface area contributed by atoms with E-state index in [9.17, 15) is 9.90 Å². The van der Waals surface area contributed by atoms with Crippen molar-refractivity contribution in [3.8, 4) is 0 Å². The number of aryl methyl sites for hydroxylation is 1. The van der Waals surface area contributed by atoms with Crippen molar-refractivity contribution in [1.29, 1.82) is 0 Å². The van der Waals surface area contributed by atoms with Gasteiger partial charge in [-0.2, -0.15) is 0 Å². The fourth-order valence-electron chi connectivity index (χ4n) is 3.42. The zero-order valence-corrected chi connectivity index (χ0v) is 15.6. The molecule has 0 aliphatic heterocycles.